The molecular weight excluding hydrogens is 290 g/mol. The fourth-order valence-corrected chi connectivity index (χ4v) is 5.08. The highest BCUT2D eigenvalue weighted by Gasteiger charge is 2.14. The molecule has 0 radical (unpaired) electrons. The van der Waals surface area contributed by atoms with Crippen LogP contribution in [0.5, 0.6) is 0 Å². The number of benzene rings is 1. The Bertz CT molecular complexity index is 546. The SMILES string of the molecule is N#CSC(SC#N)Sc1nc2ccccc2s1. The average molecular weight is 295 g/mol. The van der Waals surface area contributed by atoms with Crippen molar-refractivity contribution in [1.82, 2.24) is 4.98 Å². The number of para-hydroxylation sites is 1. The van der Waals surface area contributed by atoms with Gasteiger partial charge in [-0.05, 0) is 35.7 Å². The molecule has 2 rings (SSSR count). The van der Waals surface area contributed by atoms with Gasteiger partial charge in [-0.2, -0.15) is 10.5 Å². The van der Waals surface area contributed by atoms with Gasteiger partial charge in [-0.3, -0.25) is 0 Å². The molecule has 0 atom stereocenters. The quantitative estimate of drug-likeness (QED) is 0.481. The Labute approximate surface area is 115 Å². The second-order valence-corrected chi connectivity index (χ2v) is 7.83. The summed E-state index contributed by atoms with van der Waals surface area (Å²) < 4.78 is 1.87. The van der Waals surface area contributed by atoms with Gasteiger partial charge in [0.25, 0.3) is 0 Å². The van der Waals surface area contributed by atoms with E-state index in [0.29, 0.717) is 0 Å². The summed E-state index contributed by atoms with van der Waals surface area (Å²) >= 11 is 5.20. The molecule has 0 fully saturated rings. The van der Waals surface area contributed by atoms with E-state index in [2.05, 4.69) is 4.98 Å². The molecule has 7 heteroatoms. The van der Waals surface area contributed by atoms with Gasteiger partial charge in [0.15, 0.2) is 4.34 Å². The van der Waals surface area contributed by atoms with E-state index in [1.165, 1.54) is 11.8 Å². The Kier molecular flexibility index (Phi) is 4.57. The summed E-state index contributed by atoms with van der Waals surface area (Å²) in [5.74, 6) is 0. The highest BCUT2D eigenvalue weighted by atomic mass is 32.3. The first kappa shape index (κ1) is 12.6. The Morgan fingerprint density at radius 3 is 2.53 bits per heavy atom. The second kappa shape index (κ2) is 6.18. The minimum atomic E-state index is -0.148. The van der Waals surface area contributed by atoms with Gasteiger partial charge < -0.3 is 0 Å². The zero-order valence-corrected chi connectivity index (χ0v) is 11.6. The predicted octanol–water partition coefficient (Wildman–Crippen LogP) is 4.10. The highest BCUT2D eigenvalue weighted by molar-refractivity contribution is 8.35. The second-order valence-electron chi connectivity index (χ2n) is 2.77. The fourth-order valence-electron chi connectivity index (χ4n) is 1.14. The van der Waals surface area contributed by atoms with Gasteiger partial charge in [0.1, 0.15) is 14.7 Å². The predicted molar refractivity (Wildman–Crippen MR) is 75.7 cm³/mol. The standard InChI is InChI=1S/C10H5N3S4/c11-5-14-10(15-6-12)17-9-13-7-3-1-2-4-8(7)16-9/h1-4,10H. The topological polar surface area (TPSA) is 60.5 Å². The van der Waals surface area contributed by atoms with Gasteiger partial charge in [-0.25, -0.2) is 4.98 Å². The van der Waals surface area contributed by atoms with E-state index in [1.54, 1.807) is 11.3 Å². The fraction of sp³-hybridized carbons (Fsp3) is 0.100. The van der Waals surface area contributed by atoms with Gasteiger partial charge in [0, 0.05) is 0 Å². The van der Waals surface area contributed by atoms with Crippen molar-refractivity contribution in [3.05, 3.63) is 24.3 Å². The van der Waals surface area contributed by atoms with Crippen LogP contribution >= 0.6 is 46.6 Å². The molecule has 0 aliphatic heterocycles. The molecule has 0 unspecified atom stereocenters. The Morgan fingerprint density at radius 2 is 1.88 bits per heavy atom. The normalized spacial score (nSPS) is 10.3. The summed E-state index contributed by atoms with van der Waals surface area (Å²) in [5.41, 5.74) is 0.961. The number of thiazole rings is 1. The molecule has 0 N–H and O–H groups in total. The van der Waals surface area contributed by atoms with E-state index < -0.39 is 0 Å². The molecule has 0 saturated heterocycles. The molecule has 17 heavy (non-hydrogen) atoms. The third-order valence-electron chi connectivity index (χ3n) is 1.77. The third-order valence-corrected chi connectivity index (χ3v) is 5.95. The van der Waals surface area contributed by atoms with E-state index in [1.807, 2.05) is 35.1 Å². The molecule has 0 bridgehead atoms. The van der Waals surface area contributed by atoms with Crippen LogP contribution in [-0.2, 0) is 0 Å². The Balaban J connectivity index is 2.17. The molecule has 0 saturated carbocycles. The van der Waals surface area contributed by atoms with E-state index in [0.717, 1.165) is 38.1 Å². The summed E-state index contributed by atoms with van der Waals surface area (Å²) in [7, 11) is 0. The van der Waals surface area contributed by atoms with Gasteiger partial charge in [-0.15, -0.1) is 11.3 Å². The van der Waals surface area contributed by atoms with Crippen molar-refractivity contribution >= 4 is 56.8 Å². The highest BCUT2D eigenvalue weighted by Crippen LogP contribution is 2.40. The summed E-state index contributed by atoms with van der Waals surface area (Å²) in [6, 6.07) is 7.89. The van der Waals surface area contributed by atoms with Crippen molar-refractivity contribution in [2.45, 2.75) is 8.25 Å². The number of rotatable bonds is 4. The minimum Gasteiger partial charge on any atom is -0.230 e. The molecule has 1 heterocycles. The van der Waals surface area contributed by atoms with Gasteiger partial charge in [0.2, 0.25) is 0 Å². The molecule has 84 valence electrons. The largest absolute Gasteiger partial charge is 0.230 e. The molecule has 3 nitrogen and oxygen atoms in total. The average Bonchev–Trinajstić information content (AvgIpc) is 2.71. The molecule has 1 aromatic carbocycles. The summed E-state index contributed by atoms with van der Waals surface area (Å²) in [6.45, 7) is 0. The number of nitrogens with zero attached hydrogens (tertiary/aromatic N) is 3. The van der Waals surface area contributed by atoms with Crippen LogP contribution in [0.15, 0.2) is 28.6 Å². The molecule has 0 aliphatic rings. The van der Waals surface area contributed by atoms with Crippen LogP contribution < -0.4 is 0 Å². The zero-order valence-electron chi connectivity index (χ0n) is 8.36. The molecule has 0 spiro atoms. The maximum Gasteiger partial charge on any atom is 0.153 e. The van der Waals surface area contributed by atoms with Crippen LogP contribution in [-0.4, -0.2) is 8.90 Å². The van der Waals surface area contributed by atoms with Crippen molar-refractivity contribution in [2.75, 3.05) is 0 Å². The number of hydrogen-bond donors (Lipinski definition) is 0. The first-order valence-corrected chi connectivity index (χ1v) is 7.90. The van der Waals surface area contributed by atoms with Gasteiger partial charge >= 0.3 is 0 Å². The third kappa shape index (κ3) is 3.30. The monoisotopic (exact) mass is 295 g/mol. The molecule has 1 aromatic heterocycles. The first-order valence-electron chi connectivity index (χ1n) is 4.45. The number of aromatic nitrogens is 1. The van der Waals surface area contributed by atoms with Crippen molar-refractivity contribution in [3.63, 3.8) is 0 Å². The van der Waals surface area contributed by atoms with Crippen molar-refractivity contribution in [2.24, 2.45) is 0 Å². The van der Waals surface area contributed by atoms with E-state index in [-0.39, 0.29) is 3.91 Å². The lowest BCUT2D eigenvalue weighted by Crippen LogP contribution is -1.85. The molecule has 0 amide bonds. The molecular formula is C10H5N3S4. The number of thiocyanates is 2. The lowest BCUT2D eigenvalue weighted by molar-refractivity contribution is 1.31. The summed E-state index contributed by atoms with van der Waals surface area (Å²) in [5, 5.41) is 21.3. The van der Waals surface area contributed by atoms with Crippen LogP contribution in [0, 0.1) is 21.3 Å². The Hall–Kier alpha value is -0.860. The molecule has 2 aromatic rings. The van der Waals surface area contributed by atoms with E-state index in [4.69, 9.17) is 10.5 Å². The number of nitriles is 2. The van der Waals surface area contributed by atoms with Crippen molar-refractivity contribution in [3.8, 4) is 10.8 Å². The Morgan fingerprint density at radius 1 is 1.18 bits per heavy atom. The minimum absolute atomic E-state index is 0.148. The van der Waals surface area contributed by atoms with Crippen LogP contribution in [0.1, 0.15) is 0 Å². The number of hydrogen-bond acceptors (Lipinski definition) is 7. The smallest absolute Gasteiger partial charge is 0.153 e. The van der Waals surface area contributed by atoms with Crippen LogP contribution in [0.4, 0.5) is 0 Å². The van der Waals surface area contributed by atoms with Crippen molar-refractivity contribution in [1.29, 1.82) is 10.5 Å². The molecule has 0 aliphatic carbocycles. The summed E-state index contributed by atoms with van der Waals surface area (Å²) in [4.78, 5) is 4.45. The van der Waals surface area contributed by atoms with Crippen LogP contribution in [0.3, 0.4) is 0 Å². The lowest BCUT2D eigenvalue weighted by atomic mass is 10.3. The van der Waals surface area contributed by atoms with Crippen LogP contribution in [0.25, 0.3) is 10.2 Å². The van der Waals surface area contributed by atoms with Crippen molar-refractivity contribution < 1.29 is 0 Å². The van der Waals surface area contributed by atoms with Gasteiger partial charge in [0.05, 0.1) is 10.2 Å². The number of thioether (sulfide) groups is 3. The summed E-state index contributed by atoms with van der Waals surface area (Å²) in [6.07, 6.45) is 0. The number of fused-ring (bicyclic) bond motifs is 1. The zero-order chi connectivity index (χ0) is 12.1. The first-order chi connectivity index (χ1) is 8.33. The lowest BCUT2D eigenvalue weighted by Gasteiger charge is -2.02. The maximum absolute atomic E-state index is 8.64. The van der Waals surface area contributed by atoms with Crippen LogP contribution in [0.2, 0.25) is 0 Å². The maximum atomic E-state index is 8.64. The van der Waals surface area contributed by atoms with E-state index >= 15 is 0 Å². The van der Waals surface area contributed by atoms with E-state index in [9.17, 15) is 0 Å². The van der Waals surface area contributed by atoms with Gasteiger partial charge in [-0.1, -0.05) is 23.9 Å².